The van der Waals surface area contributed by atoms with Gasteiger partial charge in [0.05, 0.1) is 0 Å². The number of amides is 1. The molecule has 19 heavy (non-hydrogen) atoms. The lowest BCUT2D eigenvalue weighted by Gasteiger charge is -2.21. The van der Waals surface area contributed by atoms with E-state index < -0.39 is 0 Å². The standard InChI is InChI=1S/C14H26N4O/c1-3-16-14(15-2)17-12-8-9-18(10-12)13(19)11-6-4-5-7-11/h11-12H,3-10H2,1-2H3,(H2,15,16,17). The summed E-state index contributed by atoms with van der Waals surface area (Å²) < 4.78 is 0. The SMILES string of the molecule is CCNC(=NC)NC1CCN(C(=O)C2CCCC2)C1. The molecule has 1 unspecified atom stereocenters. The van der Waals surface area contributed by atoms with Gasteiger partial charge >= 0.3 is 0 Å². The molecule has 1 aliphatic heterocycles. The fourth-order valence-electron chi connectivity index (χ4n) is 3.06. The van der Waals surface area contributed by atoms with E-state index in [0.29, 0.717) is 17.9 Å². The third-order valence-corrected chi connectivity index (χ3v) is 4.11. The van der Waals surface area contributed by atoms with E-state index >= 15 is 0 Å². The van der Waals surface area contributed by atoms with Gasteiger partial charge in [-0.2, -0.15) is 0 Å². The molecule has 1 heterocycles. The van der Waals surface area contributed by atoms with Crippen LogP contribution in [0.1, 0.15) is 39.0 Å². The average molecular weight is 266 g/mol. The highest BCUT2D eigenvalue weighted by molar-refractivity contribution is 5.81. The molecule has 2 N–H and O–H groups in total. The monoisotopic (exact) mass is 266 g/mol. The lowest BCUT2D eigenvalue weighted by molar-refractivity contribution is -0.134. The average Bonchev–Trinajstić information content (AvgIpc) is 3.08. The van der Waals surface area contributed by atoms with Gasteiger partial charge in [0.1, 0.15) is 0 Å². The first kappa shape index (κ1) is 14.2. The molecule has 1 amide bonds. The van der Waals surface area contributed by atoms with Crippen LogP contribution in [0.25, 0.3) is 0 Å². The molecule has 0 aromatic carbocycles. The van der Waals surface area contributed by atoms with Crippen molar-refractivity contribution < 1.29 is 4.79 Å². The highest BCUT2D eigenvalue weighted by Gasteiger charge is 2.32. The lowest BCUT2D eigenvalue weighted by Crippen LogP contribution is -2.45. The number of likely N-dealkylation sites (tertiary alicyclic amines) is 1. The molecule has 0 aromatic heterocycles. The van der Waals surface area contributed by atoms with Gasteiger partial charge < -0.3 is 15.5 Å². The summed E-state index contributed by atoms with van der Waals surface area (Å²) in [5.41, 5.74) is 0. The largest absolute Gasteiger partial charge is 0.357 e. The Morgan fingerprint density at radius 3 is 2.68 bits per heavy atom. The second-order valence-electron chi connectivity index (χ2n) is 5.50. The Hall–Kier alpha value is -1.26. The van der Waals surface area contributed by atoms with Gasteiger partial charge in [0.15, 0.2) is 5.96 Å². The van der Waals surface area contributed by atoms with E-state index in [-0.39, 0.29) is 0 Å². The van der Waals surface area contributed by atoms with Crippen LogP contribution in [0.5, 0.6) is 0 Å². The fraction of sp³-hybridized carbons (Fsp3) is 0.857. The van der Waals surface area contributed by atoms with E-state index in [2.05, 4.69) is 22.5 Å². The Morgan fingerprint density at radius 1 is 1.32 bits per heavy atom. The Labute approximate surface area is 115 Å². The van der Waals surface area contributed by atoms with Crippen molar-refractivity contribution in [2.45, 2.75) is 45.1 Å². The predicted molar refractivity (Wildman–Crippen MR) is 77.1 cm³/mol. The van der Waals surface area contributed by atoms with Crippen molar-refractivity contribution >= 4 is 11.9 Å². The fourth-order valence-corrected chi connectivity index (χ4v) is 3.06. The number of nitrogens with one attached hydrogen (secondary N) is 2. The maximum Gasteiger partial charge on any atom is 0.225 e. The maximum atomic E-state index is 12.3. The molecule has 1 atom stereocenters. The van der Waals surface area contributed by atoms with Gasteiger partial charge in [-0.05, 0) is 26.2 Å². The minimum absolute atomic E-state index is 0.298. The van der Waals surface area contributed by atoms with Crippen LogP contribution in [-0.4, -0.2) is 49.5 Å². The van der Waals surface area contributed by atoms with Crippen molar-refractivity contribution in [2.75, 3.05) is 26.7 Å². The van der Waals surface area contributed by atoms with E-state index in [0.717, 1.165) is 44.9 Å². The molecule has 0 spiro atoms. The molecule has 1 aliphatic carbocycles. The third kappa shape index (κ3) is 3.61. The van der Waals surface area contributed by atoms with Gasteiger partial charge in [-0.25, -0.2) is 0 Å². The molecule has 1 saturated carbocycles. The number of rotatable bonds is 3. The normalized spacial score (nSPS) is 24.8. The van der Waals surface area contributed by atoms with Crippen molar-refractivity contribution in [3.05, 3.63) is 0 Å². The molecule has 5 nitrogen and oxygen atoms in total. The van der Waals surface area contributed by atoms with Gasteiger partial charge in [-0.1, -0.05) is 12.8 Å². The highest BCUT2D eigenvalue weighted by atomic mass is 16.2. The van der Waals surface area contributed by atoms with E-state index in [1.807, 2.05) is 4.90 Å². The molecule has 2 fully saturated rings. The second kappa shape index (κ2) is 6.78. The van der Waals surface area contributed by atoms with Crippen LogP contribution >= 0.6 is 0 Å². The molecular formula is C14H26N4O. The van der Waals surface area contributed by atoms with Crippen molar-refractivity contribution in [3.8, 4) is 0 Å². The van der Waals surface area contributed by atoms with Crippen molar-refractivity contribution in [1.29, 1.82) is 0 Å². The van der Waals surface area contributed by atoms with Gasteiger partial charge in [0.2, 0.25) is 5.91 Å². The first-order valence-corrected chi connectivity index (χ1v) is 7.50. The summed E-state index contributed by atoms with van der Waals surface area (Å²) in [5, 5.41) is 6.58. The smallest absolute Gasteiger partial charge is 0.225 e. The third-order valence-electron chi connectivity index (χ3n) is 4.11. The number of hydrogen-bond donors (Lipinski definition) is 2. The van der Waals surface area contributed by atoms with Crippen LogP contribution in [0.4, 0.5) is 0 Å². The Bertz CT molecular complexity index is 336. The first-order valence-electron chi connectivity index (χ1n) is 7.50. The van der Waals surface area contributed by atoms with Crippen molar-refractivity contribution in [2.24, 2.45) is 10.9 Å². The molecule has 0 radical (unpaired) electrons. The number of nitrogens with zero attached hydrogens (tertiary/aromatic N) is 2. The second-order valence-corrected chi connectivity index (χ2v) is 5.50. The van der Waals surface area contributed by atoms with Crippen LogP contribution in [0.3, 0.4) is 0 Å². The Balaban J connectivity index is 1.80. The number of hydrogen-bond acceptors (Lipinski definition) is 2. The molecule has 108 valence electrons. The molecular weight excluding hydrogens is 240 g/mol. The first-order chi connectivity index (χ1) is 9.24. The molecule has 1 saturated heterocycles. The maximum absolute atomic E-state index is 12.3. The quantitative estimate of drug-likeness (QED) is 0.591. The van der Waals surface area contributed by atoms with Crippen LogP contribution in [0.15, 0.2) is 4.99 Å². The molecule has 5 heteroatoms. The topological polar surface area (TPSA) is 56.7 Å². The zero-order chi connectivity index (χ0) is 13.7. The van der Waals surface area contributed by atoms with Crippen LogP contribution < -0.4 is 10.6 Å². The number of aliphatic imine (C=N–C) groups is 1. The zero-order valence-electron chi connectivity index (χ0n) is 12.1. The van der Waals surface area contributed by atoms with E-state index in [1.165, 1.54) is 12.8 Å². The van der Waals surface area contributed by atoms with E-state index in [9.17, 15) is 4.79 Å². The summed E-state index contributed by atoms with van der Waals surface area (Å²) in [4.78, 5) is 18.5. The molecule has 0 bridgehead atoms. The van der Waals surface area contributed by atoms with Crippen LogP contribution in [0.2, 0.25) is 0 Å². The van der Waals surface area contributed by atoms with E-state index in [1.54, 1.807) is 7.05 Å². The summed E-state index contributed by atoms with van der Waals surface area (Å²) in [6.45, 7) is 4.62. The van der Waals surface area contributed by atoms with Crippen molar-refractivity contribution in [1.82, 2.24) is 15.5 Å². The minimum atomic E-state index is 0.298. The number of carbonyl (C=O) groups is 1. The summed E-state index contributed by atoms with van der Waals surface area (Å²) in [7, 11) is 1.78. The number of guanidine groups is 1. The van der Waals surface area contributed by atoms with Gasteiger partial charge in [0, 0.05) is 38.6 Å². The van der Waals surface area contributed by atoms with Crippen LogP contribution in [0, 0.1) is 5.92 Å². The minimum Gasteiger partial charge on any atom is -0.357 e. The van der Waals surface area contributed by atoms with Crippen LogP contribution in [-0.2, 0) is 4.79 Å². The summed E-state index contributed by atoms with van der Waals surface area (Å²) in [6, 6.07) is 0.336. The zero-order valence-corrected chi connectivity index (χ0v) is 12.1. The molecule has 2 aliphatic rings. The van der Waals surface area contributed by atoms with Crippen molar-refractivity contribution in [3.63, 3.8) is 0 Å². The Morgan fingerprint density at radius 2 is 2.05 bits per heavy atom. The van der Waals surface area contributed by atoms with Gasteiger partial charge in [-0.3, -0.25) is 9.79 Å². The highest BCUT2D eigenvalue weighted by Crippen LogP contribution is 2.27. The summed E-state index contributed by atoms with van der Waals surface area (Å²) in [5.74, 6) is 1.51. The van der Waals surface area contributed by atoms with E-state index in [4.69, 9.17) is 0 Å². The molecule has 2 rings (SSSR count). The summed E-state index contributed by atoms with van der Waals surface area (Å²) >= 11 is 0. The van der Waals surface area contributed by atoms with Gasteiger partial charge in [-0.15, -0.1) is 0 Å². The summed E-state index contributed by atoms with van der Waals surface area (Å²) in [6.07, 6.45) is 5.64. The Kier molecular flexibility index (Phi) is 5.05. The number of carbonyl (C=O) groups excluding carboxylic acids is 1. The van der Waals surface area contributed by atoms with Gasteiger partial charge in [0.25, 0.3) is 0 Å². The molecule has 0 aromatic rings. The predicted octanol–water partition coefficient (Wildman–Crippen LogP) is 0.962. The lowest BCUT2D eigenvalue weighted by atomic mass is 10.1.